The second-order valence-electron chi connectivity index (χ2n) is 4.65. The zero-order valence-corrected chi connectivity index (χ0v) is 10.9. The molecule has 1 unspecified atom stereocenters. The van der Waals surface area contributed by atoms with E-state index in [9.17, 15) is 0 Å². The molecule has 2 aromatic rings. The normalized spacial score (nSPS) is 18.6. The molecule has 1 aromatic carbocycles. The average Bonchev–Trinajstić information content (AvgIpc) is 2.38. The van der Waals surface area contributed by atoms with Gasteiger partial charge in [-0.25, -0.2) is 9.97 Å². The van der Waals surface area contributed by atoms with Crippen molar-refractivity contribution >= 4 is 17.4 Å². The van der Waals surface area contributed by atoms with Crippen molar-refractivity contribution in [3.8, 4) is 0 Å². The maximum Gasteiger partial charge on any atom is 0.134 e. The first-order valence-electron chi connectivity index (χ1n) is 6.05. The van der Waals surface area contributed by atoms with E-state index in [2.05, 4.69) is 46.1 Å². The van der Waals surface area contributed by atoms with E-state index in [1.807, 2.05) is 6.07 Å². The summed E-state index contributed by atoms with van der Waals surface area (Å²) in [4.78, 5) is 10.5. The van der Waals surface area contributed by atoms with Crippen molar-refractivity contribution in [2.24, 2.45) is 0 Å². The Labute approximate surface area is 111 Å². The van der Waals surface area contributed by atoms with E-state index in [-0.39, 0.29) is 0 Å². The van der Waals surface area contributed by atoms with Gasteiger partial charge in [-0.05, 0) is 24.5 Å². The molecule has 0 N–H and O–H groups in total. The summed E-state index contributed by atoms with van der Waals surface area (Å²) in [5, 5.41) is 0.492. The van der Waals surface area contributed by atoms with E-state index in [1.54, 1.807) is 0 Å². The van der Waals surface area contributed by atoms with Crippen LogP contribution < -0.4 is 4.90 Å². The zero-order chi connectivity index (χ0) is 12.5. The summed E-state index contributed by atoms with van der Waals surface area (Å²) in [5.41, 5.74) is 2.80. The molecule has 0 aliphatic carbocycles. The largest absolute Gasteiger partial charge is 0.349 e. The highest BCUT2D eigenvalue weighted by molar-refractivity contribution is 6.29. The van der Waals surface area contributed by atoms with E-state index in [4.69, 9.17) is 11.6 Å². The molecule has 2 heterocycles. The van der Waals surface area contributed by atoms with Crippen molar-refractivity contribution in [1.82, 2.24) is 9.97 Å². The number of benzene rings is 1. The molecule has 3 rings (SSSR count). The monoisotopic (exact) mass is 259 g/mol. The molecule has 0 fully saturated rings. The van der Waals surface area contributed by atoms with E-state index in [0.29, 0.717) is 11.2 Å². The van der Waals surface area contributed by atoms with Gasteiger partial charge in [0.25, 0.3) is 0 Å². The predicted molar refractivity (Wildman–Crippen MR) is 72.8 cm³/mol. The molecule has 0 saturated carbocycles. The minimum Gasteiger partial charge on any atom is -0.349 e. The molecule has 1 aliphatic heterocycles. The van der Waals surface area contributed by atoms with Gasteiger partial charge in [0.05, 0.1) is 0 Å². The minimum absolute atomic E-state index is 0.422. The second-order valence-corrected chi connectivity index (χ2v) is 5.04. The number of nitrogens with zero attached hydrogens (tertiary/aromatic N) is 3. The molecular formula is C14H14ClN3. The molecule has 1 aromatic heterocycles. The summed E-state index contributed by atoms with van der Waals surface area (Å²) in [7, 11) is 0. The summed E-state index contributed by atoms with van der Waals surface area (Å²) in [6.07, 6.45) is 2.56. The predicted octanol–water partition coefficient (Wildman–Crippen LogP) is 3.08. The molecule has 1 aliphatic rings. The third-order valence-electron chi connectivity index (χ3n) is 3.42. The van der Waals surface area contributed by atoms with Gasteiger partial charge in [0.2, 0.25) is 0 Å². The lowest BCUT2D eigenvalue weighted by molar-refractivity contribution is 0.586. The first-order valence-corrected chi connectivity index (χ1v) is 6.43. The lowest BCUT2D eigenvalue weighted by Gasteiger charge is -2.35. The van der Waals surface area contributed by atoms with Gasteiger partial charge in [0, 0.05) is 18.7 Å². The van der Waals surface area contributed by atoms with Crippen molar-refractivity contribution in [3.05, 3.63) is 52.9 Å². The van der Waals surface area contributed by atoms with Gasteiger partial charge < -0.3 is 4.90 Å². The Kier molecular flexibility index (Phi) is 2.92. The summed E-state index contributed by atoms with van der Waals surface area (Å²) in [5.74, 6) is 0.900. The SMILES string of the molecule is CC1Cc2ccccc2CN1c1cc(Cl)ncn1. The lowest BCUT2D eigenvalue weighted by atomic mass is 9.95. The van der Waals surface area contributed by atoms with Gasteiger partial charge in [-0.2, -0.15) is 0 Å². The van der Waals surface area contributed by atoms with Gasteiger partial charge >= 0.3 is 0 Å². The lowest BCUT2D eigenvalue weighted by Crippen LogP contribution is -2.38. The number of halogens is 1. The Morgan fingerprint density at radius 2 is 2.00 bits per heavy atom. The molecular weight excluding hydrogens is 246 g/mol. The fourth-order valence-electron chi connectivity index (χ4n) is 2.47. The van der Waals surface area contributed by atoms with Crippen molar-refractivity contribution in [2.45, 2.75) is 25.9 Å². The van der Waals surface area contributed by atoms with Gasteiger partial charge in [0.1, 0.15) is 17.3 Å². The van der Waals surface area contributed by atoms with E-state index >= 15 is 0 Å². The van der Waals surface area contributed by atoms with Crippen LogP contribution in [0.5, 0.6) is 0 Å². The number of aromatic nitrogens is 2. The quantitative estimate of drug-likeness (QED) is 0.737. The minimum atomic E-state index is 0.422. The molecule has 92 valence electrons. The first kappa shape index (κ1) is 11.5. The van der Waals surface area contributed by atoms with Crippen LogP contribution in [0.3, 0.4) is 0 Å². The molecule has 0 spiro atoms. The van der Waals surface area contributed by atoms with Crippen LogP contribution in [0.4, 0.5) is 5.82 Å². The summed E-state index contributed by atoms with van der Waals surface area (Å²) in [6.45, 7) is 3.09. The highest BCUT2D eigenvalue weighted by atomic mass is 35.5. The van der Waals surface area contributed by atoms with Gasteiger partial charge in [-0.1, -0.05) is 35.9 Å². The Bertz CT molecular complexity index is 570. The number of hydrogen-bond donors (Lipinski definition) is 0. The van der Waals surface area contributed by atoms with Crippen LogP contribution in [0.1, 0.15) is 18.1 Å². The number of anilines is 1. The van der Waals surface area contributed by atoms with Crippen LogP contribution in [0.25, 0.3) is 0 Å². The van der Waals surface area contributed by atoms with Crippen molar-refractivity contribution < 1.29 is 0 Å². The third kappa shape index (κ3) is 2.06. The van der Waals surface area contributed by atoms with Gasteiger partial charge in [0.15, 0.2) is 0 Å². The fourth-order valence-corrected chi connectivity index (χ4v) is 2.61. The maximum atomic E-state index is 5.93. The standard InChI is InChI=1S/C14H14ClN3/c1-10-6-11-4-2-3-5-12(11)8-18(10)14-7-13(15)16-9-17-14/h2-5,7,9-10H,6,8H2,1H3. The number of fused-ring (bicyclic) bond motifs is 1. The molecule has 4 heteroatoms. The molecule has 1 atom stereocenters. The highest BCUT2D eigenvalue weighted by Gasteiger charge is 2.23. The van der Waals surface area contributed by atoms with Crippen LogP contribution in [0, 0.1) is 0 Å². The fraction of sp³-hybridized carbons (Fsp3) is 0.286. The molecule has 0 radical (unpaired) electrons. The van der Waals surface area contributed by atoms with E-state index < -0.39 is 0 Å². The second kappa shape index (κ2) is 4.58. The summed E-state index contributed by atoms with van der Waals surface area (Å²) in [6, 6.07) is 10.8. The van der Waals surface area contributed by atoms with Crippen LogP contribution >= 0.6 is 11.6 Å². The topological polar surface area (TPSA) is 29.0 Å². The highest BCUT2D eigenvalue weighted by Crippen LogP contribution is 2.27. The first-order chi connectivity index (χ1) is 8.74. The Balaban J connectivity index is 1.96. The zero-order valence-electron chi connectivity index (χ0n) is 10.2. The Morgan fingerprint density at radius 1 is 1.22 bits per heavy atom. The van der Waals surface area contributed by atoms with Crippen LogP contribution in [0.2, 0.25) is 5.15 Å². The number of hydrogen-bond acceptors (Lipinski definition) is 3. The average molecular weight is 260 g/mol. The van der Waals surface area contributed by atoms with Gasteiger partial charge in [-0.3, -0.25) is 0 Å². The Hall–Kier alpha value is -1.61. The van der Waals surface area contributed by atoms with E-state index in [0.717, 1.165) is 18.8 Å². The van der Waals surface area contributed by atoms with Crippen LogP contribution in [-0.2, 0) is 13.0 Å². The molecule has 0 saturated heterocycles. The van der Waals surface area contributed by atoms with Crippen LogP contribution in [0.15, 0.2) is 36.7 Å². The summed E-state index contributed by atoms with van der Waals surface area (Å²) < 4.78 is 0. The van der Waals surface area contributed by atoms with Crippen molar-refractivity contribution in [1.29, 1.82) is 0 Å². The number of rotatable bonds is 1. The molecule has 0 bridgehead atoms. The van der Waals surface area contributed by atoms with Crippen molar-refractivity contribution in [2.75, 3.05) is 4.90 Å². The molecule has 3 nitrogen and oxygen atoms in total. The van der Waals surface area contributed by atoms with Crippen LogP contribution in [-0.4, -0.2) is 16.0 Å². The summed E-state index contributed by atoms with van der Waals surface area (Å²) >= 11 is 5.93. The maximum absolute atomic E-state index is 5.93. The molecule has 18 heavy (non-hydrogen) atoms. The Morgan fingerprint density at radius 3 is 2.78 bits per heavy atom. The van der Waals surface area contributed by atoms with Crippen molar-refractivity contribution in [3.63, 3.8) is 0 Å². The molecule has 0 amide bonds. The van der Waals surface area contributed by atoms with E-state index in [1.165, 1.54) is 17.5 Å². The third-order valence-corrected chi connectivity index (χ3v) is 3.63. The van der Waals surface area contributed by atoms with Gasteiger partial charge in [-0.15, -0.1) is 0 Å². The smallest absolute Gasteiger partial charge is 0.134 e.